The third-order valence-electron chi connectivity index (χ3n) is 4.42. The minimum absolute atomic E-state index is 0.0776. The molecule has 1 aromatic carbocycles. The van der Waals surface area contributed by atoms with Crippen LogP contribution in [0.1, 0.15) is 23.8 Å². The molecule has 1 atom stereocenters. The highest BCUT2D eigenvalue weighted by Crippen LogP contribution is 2.29. The van der Waals surface area contributed by atoms with Crippen LogP contribution in [0.3, 0.4) is 0 Å². The van der Waals surface area contributed by atoms with Gasteiger partial charge in [-0.15, -0.1) is 16.8 Å². The SMILES string of the molecule is C=CCn1c(S[C@@H](C)C(=O)Nc2ccc(C)cc2C)nnc1-c1ccoc1C. The molecular formula is C21H24N4O2S. The summed E-state index contributed by atoms with van der Waals surface area (Å²) in [5.74, 6) is 1.40. The average Bonchev–Trinajstić information content (AvgIpc) is 3.24. The van der Waals surface area contributed by atoms with Crippen LogP contribution in [0, 0.1) is 20.8 Å². The summed E-state index contributed by atoms with van der Waals surface area (Å²) in [4.78, 5) is 12.7. The quantitative estimate of drug-likeness (QED) is 0.460. The van der Waals surface area contributed by atoms with Gasteiger partial charge in [0.1, 0.15) is 5.76 Å². The number of benzene rings is 1. The van der Waals surface area contributed by atoms with Gasteiger partial charge in [-0.2, -0.15) is 0 Å². The molecule has 28 heavy (non-hydrogen) atoms. The molecular weight excluding hydrogens is 372 g/mol. The van der Waals surface area contributed by atoms with Gasteiger partial charge < -0.3 is 9.73 Å². The molecule has 2 heterocycles. The summed E-state index contributed by atoms with van der Waals surface area (Å²) in [6.07, 6.45) is 3.41. The molecule has 6 nitrogen and oxygen atoms in total. The van der Waals surface area contributed by atoms with Gasteiger partial charge in [0, 0.05) is 12.2 Å². The molecule has 0 aliphatic heterocycles. The van der Waals surface area contributed by atoms with E-state index in [0.29, 0.717) is 17.5 Å². The van der Waals surface area contributed by atoms with Gasteiger partial charge in [-0.3, -0.25) is 9.36 Å². The van der Waals surface area contributed by atoms with Crippen LogP contribution >= 0.6 is 11.8 Å². The Morgan fingerprint density at radius 3 is 2.75 bits per heavy atom. The Morgan fingerprint density at radius 1 is 1.32 bits per heavy atom. The molecule has 0 bridgehead atoms. The molecule has 7 heteroatoms. The first-order valence-corrected chi connectivity index (χ1v) is 9.92. The molecule has 0 spiro atoms. The first-order valence-electron chi connectivity index (χ1n) is 9.04. The number of anilines is 1. The molecule has 0 aliphatic rings. The largest absolute Gasteiger partial charge is 0.469 e. The van der Waals surface area contributed by atoms with E-state index in [4.69, 9.17) is 4.42 Å². The number of aryl methyl sites for hydroxylation is 3. The second-order valence-corrected chi connectivity index (χ2v) is 7.97. The van der Waals surface area contributed by atoms with Crippen molar-refractivity contribution in [1.82, 2.24) is 14.8 Å². The molecule has 0 saturated heterocycles. The highest BCUT2D eigenvalue weighted by atomic mass is 32.2. The van der Waals surface area contributed by atoms with Crippen molar-refractivity contribution >= 4 is 23.4 Å². The Hall–Kier alpha value is -2.80. The number of thioether (sulfide) groups is 1. The molecule has 0 aliphatic carbocycles. The van der Waals surface area contributed by atoms with E-state index < -0.39 is 0 Å². The van der Waals surface area contributed by atoms with E-state index in [2.05, 4.69) is 22.1 Å². The number of allylic oxidation sites excluding steroid dienone is 1. The minimum atomic E-state index is -0.341. The number of rotatable bonds is 7. The fourth-order valence-electron chi connectivity index (χ4n) is 2.89. The Kier molecular flexibility index (Phi) is 6.04. The van der Waals surface area contributed by atoms with E-state index in [0.717, 1.165) is 28.1 Å². The molecule has 3 rings (SSSR count). The number of carbonyl (C=O) groups excluding carboxylic acids is 1. The predicted octanol–water partition coefficient (Wildman–Crippen LogP) is 4.77. The fourth-order valence-corrected chi connectivity index (χ4v) is 3.74. The van der Waals surface area contributed by atoms with E-state index in [1.54, 1.807) is 12.3 Å². The molecule has 2 aromatic heterocycles. The number of hydrogen-bond donors (Lipinski definition) is 1. The molecule has 0 radical (unpaired) electrons. The first-order chi connectivity index (χ1) is 13.4. The van der Waals surface area contributed by atoms with Gasteiger partial charge in [0.05, 0.1) is 17.1 Å². The fraction of sp³-hybridized carbons (Fsp3) is 0.286. The lowest BCUT2D eigenvalue weighted by atomic mass is 10.1. The van der Waals surface area contributed by atoms with Crippen LogP contribution in [0.25, 0.3) is 11.4 Å². The molecule has 1 amide bonds. The maximum Gasteiger partial charge on any atom is 0.237 e. The van der Waals surface area contributed by atoms with Crippen LogP contribution in [-0.4, -0.2) is 25.9 Å². The van der Waals surface area contributed by atoms with Crippen molar-refractivity contribution in [3.05, 3.63) is 60.1 Å². The van der Waals surface area contributed by atoms with Crippen molar-refractivity contribution in [2.75, 3.05) is 5.32 Å². The number of hydrogen-bond acceptors (Lipinski definition) is 5. The van der Waals surface area contributed by atoms with Gasteiger partial charge >= 0.3 is 0 Å². The van der Waals surface area contributed by atoms with Crippen molar-refractivity contribution in [1.29, 1.82) is 0 Å². The van der Waals surface area contributed by atoms with Crippen LogP contribution in [-0.2, 0) is 11.3 Å². The topological polar surface area (TPSA) is 73.0 Å². The van der Waals surface area contributed by atoms with Gasteiger partial charge in [-0.05, 0) is 45.4 Å². The average molecular weight is 397 g/mol. The number of nitrogens with one attached hydrogen (secondary N) is 1. The zero-order valence-corrected chi connectivity index (χ0v) is 17.3. The molecule has 1 N–H and O–H groups in total. The van der Waals surface area contributed by atoms with Crippen LogP contribution in [0.5, 0.6) is 0 Å². The maximum absolute atomic E-state index is 12.7. The van der Waals surface area contributed by atoms with Crippen molar-refractivity contribution in [3.63, 3.8) is 0 Å². The smallest absolute Gasteiger partial charge is 0.237 e. The Morgan fingerprint density at radius 2 is 2.11 bits per heavy atom. The second kappa shape index (κ2) is 8.48. The predicted molar refractivity (Wildman–Crippen MR) is 113 cm³/mol. The summed E-state index contributed by atoms with van der Waals surface area (Å²) in [6.45, 7) is 12.1. The molecule has 146 valence electrons. The molecule has 0 unspecified atom stereocenters. The molecule has 3 aromatic rings. The second-order valence-electron chi connectivity index (χ2n) is 6.66. The van der Waals surface area contributed by atoms with Crippen LogP contribution in [0.2, 0.25) is 0 Å². The Labute approximate surface area is 169 Å². The highest BCUT2D eigenvalue weighted by Gasteiger charge is 2.22. The van der Waals surface area contributed by atoms with Gasteiger partial charge in [0.15, 0.2) is 11.0 Å². The van der Waals surface area contributed by atoms with E-state index in [1.807, 2.05) is 56.5 Å². The minimum Gasteiger partial charge on any atom is -0.469 e. The number of amides is 1. The van der Waals surface area contributed by atoms with Crippen molar-refractivity contribution in [2.24, 2.45) is 0 Å². The Bertz CT molecular complexity index is 1010. The van der Waals surface area contributed by atoms with Gasteiger partial charge in [0.2, 0.25) is 5.91 Å². The van der Waals surface area contributed by atoms with Crippen molar-refractivity contribution < 1.29 is 9.21 Å². The summed E-state index contributed by atoms with van der Waals surface area (Å²) in [5.41, 5.74) is 3.91. The number of aromatic nitrogens is 3. The summed E-state index contributed by atoms with van der Waals surface area (Å²) < 4.78 is 7.33. The number of nitrogens with zero attached hydrogens (tertiary/aromatic N) is 3. The standard InChI is InChI=1S/C21H24N4O2S/c1-6-10-25-19(17-9-11-27-15(17)4)23-24-21(25)28-16(5)20(26)22-18-8-7-13(2)12-14(18)3/h6-9,11-12,16H,1,10H2,2-5H3,(H,22,26)/t16-/m0/s1. The highest BCUT2D eigenvalue weighted by molar-refractivity contribution is 8.00. The van der Waals surface area contributed by atoms with Crippen molar-refractivity contribution in [3.8, 4) is 11.4 Å². The third kappa shape index (κ3) is 4.20. The first kappa shape index (κ1) is 19.9. The van der Waals surface area contributed by atoms with E-state index >= 15 is 0 Å². The van der Waals surface area contributed by atoms with Crippen LogP contribution in [0.15, 0.2) is 52.8 Å². The van der Waals surface area contributed by atoms with Crippen LogP contribution < -0.4 is 5.32 Å². The number of furan rings is 1. The van der Waals surface area contributed by atoms with Crippen LogP contribution in [0.4, 0.5) is 5.69 Å². The Balaban J connectivity index is 1.79. The lowest BCUT2D eigenvalue weighted by Crippen LogP contribution is -2.23. The number of carbonyl (C=O) groups is 1. The zero-order valence-electron chi connectivity index (χ0n) is 16.5. The van der Waals surface area contributed by atoms with Gasteiger partial charge in [0.25, 0.3) is 0 Å². The van der Waals surface area contributed by atoms with Gasteiger partial charge in [-0.1, -0.05) is 35.5 Å². The van der Waals surface area contributed by atoms with Crippen molar-refractivity contribution in [2.45, 2.75) is 44.6 Å². The summed E-state index contributed by atoms with van der Waals surface area (Å²) in [7, 11) is 0. The van der Waals surface area contributed by atoms with E-state index in [-0.39, 0.29) is 11.2 Å². The van der Waals surface area contributed by atoms with Gasteiger partial charge in [-0.25, -0.2) is 0 Å². The zero-order chi connectivity index (χ0) is 20.3. The summed E-state index contributed by atoms with van der Waals surface area (Å²) in [5, 5.41) is 11.9. The normalized spacial score (nSPS) is 12.0. The third-order valence-corrected chi connectivity index (χ3v) is 5.50. The summed E-state index contributed by atoms with van der Waals surface area (Å²) in [6, 6.07) is 7.83. The summed E-state index contributed by atoms with van der Waals surface area (Å²) >= 11 is 1.37. The van der Waals surface area contributed by atoms with E-state index in [1.165, 1.54) is 11.8 Å². The van der Waals surface area contributed by atoms with E-state index in [9.17, 15) is 4.79 Å². The molecule has 0 saturated carbocycles. The molecule has 0 fully saturated rings. The maximum atomic E-state index is 12.7. The lowest BCUT2D eigenvalue weighted by Gasteiger charge is -2.14. The monoisotopic (exact) mass is 396 g/mol. The lowest BCUT2D eigenvalue weighted by molar-refractivity contribution is -0.115.